The van der Waals surface area contributed by atoms with Gasteiger partial charge < -0.3 is 0 Å². The predicted molar refractivity (Wildman–Crippen MR) is 116 cm³/mol. The third-order valence-corrected chi connectivity index (χ3v) is 6.04. The largest absolute Gasteiger partial charge is 0.286 e. The van der Waals surface area contributed by atoms with Gasteiger partial charge in [0.05, 0.1) is 10.6 Å². The van der Waals surface area contributed by atoms with Crippen LogP contribution in [0.2, 0.25) is 5.02 Å². The molecule has 0 unspecified atom stereocenters. The average Bonchev–Trinajstić information content (AvgIpc) is 2.71. The highest BCUT2D eigenvalue weighted by Crippen LogP contribution is 2.35. The maximum atomic E-state index is 12.3. The summed E-state index contributed by atoms with van der Waals surface area (Å²) in [5.41, 5.74) is 3.36. The monoisotopic (exact) mass is 444 g/mol. The van der Waals surface area contributed by atoms with E-state index in [0.717, 1.165) is 16.7 Å². The summed E-state index contributed by atoms with van der Waals surface area (Å²) in [4.78, 5) is 16.5. The first-order valence-electron chi connectivity index (χ1n) is 9.16. The minimum Gasteiger partial charge on any atom is -0.286 e. The molecule has 0 aliphatic carbocycles. The molecule has 156 valence electrons. The molecule has 0 radical (unpaired) electrons. The summed E-state index contributed by atoms with van der Waals surface area (Å²) in [6.07, 6.45) is 3.29. The second kappa shape index (κ2) is 8.95. The van der Waals surface area contributed by atoms with Crippen molar-refractivity contribution in [3.63, 3.8) is 0 Å². The molecule has 6 nitrogen and oxygen atoms in total. The predicted octanol–water partition coefficient (Wildman–Crippen LogP) is 4.25. The molecule has 0 bridgehead atoms. The Morgan fingerprint density at radius 3 is 2.40 bits per heavy atom. The minimum atomic E-state index is -3.47. The number of benzene rings is 2. The molecular weight excluding hydrogens is 424 g/mol. The van der Waals surface area contributed by atoms with E-state index in [0.29, 0.717) is 27.8 Å². The summed E-state index contributed by atoms with van der Waals surface area (Å²) in [7, 11) is -2.18. The van der Waals surface area contributed by atoms with Gasteiger partial charge in [-0.1, -0.05) is 41.9 Å². The van der Waals surface area contributed by atoms with E-state index in [1.165, 1.54) is 13.3 Å². The van der Waals surface area contributed by atoms with Gasteiger partial charge in [0.15, 0.2) is 9.84 Å². The van der Waals surface area contributed by atoms with Gasteiger partial charge in [0.2, 0.25) is 5.91 Å². The number of sulfone groups is 1. The molecule has 8 heteroatoms. The average molecular weight is 445 g/mol. The molecule has 1 heterocycles. The van der Waals surface area contributed by atoms with Crippen LogP contribution in [-0.2, 0) is 21.1 Å². The zero-order valence-electron chi connectivity index (χ0n) is 16.5. The van der Waals surface area contributed by atoms with Crippen molar-refractivity contribution in [2.75, 3.05) is 13.3 Å². The Balaban J connectivity index is 2.14. The quantitative estimate of drug-likeness (QED) is 0.453. The van der Waals surface area contributed by atoms with Gasteiger partial charge in [-0.2, -0.15) is 0 Å². The van der Waals surface area contributed by atoms with E-state index >= 15 is 0 Å². The van der Waals surface area contributed by atoms with Crippen LogP contribution in [0.4, 0.5) is 0 Å². The molecule has 0 spiro atoms. The molecule has 2 aromatic carbocycles. The van der Waals surface area contributed by atoms with Gasteiger partial charge in [-0.15, -0.1) is 0 Å². The van der Waals surface area contributed by atoms with E-state index in [2.05, 4.69) is 4.98 Å². The number of hydrogen-bond donors (Lipinski definition) is 1. The highest BCUT2D eigenvalue weighted by Gasteiger charge is 2.19. The van der Waals surface area contributed by atoms with Gasteiger partial charge in [0, 0.05) is 42.1 Å². The highest BCUT2D eigenvalue weighted by molar-refractivity contribution is 7.90. The van der Waals surface area contributed by atoms with Crippen LogP contribution in [0.3, 0.4) is 0 Å². The number of carbonyl (C=O) groups is 1. The first-order valence-corrected chi connectivity index (χ1v) is 11.4. The number of aryl methyl sites for hydroxylation is 1. The molecule has 0 saturated carbocycles. The highest BCUT2D eigenvalue weighted by atomic mass is 35.5. The van der Waals surface area contributed by atoms with Crippen molar-refractivity contribution in [1.29, 1.82) is 0 Å². The van der Waals surface area contributed by atoms with E-state index < -0.39 is 15.7 Å². The Bertz CT molecular complexity index is 1180. The topological polar surface area (TPSA) is 87.6 Å². The first-order chi connectivity index (χ1) is 14.2. The van der Waals surface area contributed by atoms with Crippen LogP contribution < -0.4 is 0 Å². The van der Waals surface area contributed by atoms with Gasteiger partial charge >= 0.3 is 0 Å². The lowest BCUT2D eigenvalue weighted by Crippen LogP contribution is -2.22. The molecule has 1 N–H and O–H groups in total. The first kappa shape index (κ1) is 22.0. The van der Waals surface area contributed by atoms with E-state index in [-0.39, 0.29) is 11.3 Å². The van der Waals surface area contributed by atoms with Crippen molar-refractivity contribution in [1.82, 2.24) is 10.0 Å². The van der Waals surface area contributed by atoms with Gasteiger partial charge in [0.1, 0.15) is 0 Å². The molecule has 0 fully saturated rings. The number of carbonyl (C=O) groups excluding carboxylic acids is 1. The van der Waals surface area contributed by atoms with E-state index in [1.807, 2.05) is 18.2 Å². The van der Waals surface area contributed by atoms with Crippen LogP contribution in [-0.4, -0.2) is 42.9 Å². The van der Waals surface area contributed by atoms with E-state index in [1.54, 1.807) is 42.6 Å². The number of pyridine rings is 1. The summed E-state index contributed by atoms with van der Waals surface area (Å²) in [5, 5.41) is 10.4. The van der Waals surface area contributed by atoms with Crippen molar-refractivity contribution >= 4 is 27.3 Å². The van der Waals surface area contributed by atoms with E-state index in [9.17, 15) is 18.4 Å². The molecule has 0 saturated heterocycles. The van der Waals surface area contributed by atoms with Crippen LogP contribution in [0.15, 0.2) is 65.7 Å². The summed E-state index contributed by atoms with van der Waals surface area (Å²) < 4.78 is 24.6. The Hall–Kier alpha value is -2.74. The summed E-state index contributed by atoms with van der Waals surface area (Å²) in [5.74, 6) is -0.408. The summed E-state index contributed by atoms with van der Waals surface area (Å²) >= 11 is 6.03. The molecule has 1 amide bonds. The maximum absolute atomic E-state index is 12.3. The van der Waals surface area contributed by atoms with Gasteiger partial charge in [-0.05, 0) is 41.8 Å². The lowest BCUT2D eigenvalue weighted by molar-refractivity contribution is -0.159. The lowest BCUT2D eigenvalue weighted by Gasteiger charge is -2.15. The lowest BCUT2D eigenvalue weighted by atomic mass is 9.97. The van der Waals surface area contributed by atoms with E-state index in [4.69, 9.17) is 11.6 Å². The van der Waals surface area contributed by atoms with Crippen LogP contribution in [0, 0.1) is 0 Å². The Morgan fingerprint density at radius 2 is 1.77 bits per heavy atom. The fourth-order valence-corrected chi connectivity index (χ4v) is 4.12. The number of amides is 1. The molecule has 0 atom stereocenters. The van der Waals surface area contributed by atoms with Crippen molar-refractivity contribution < 1.29 is 18.4 Å². The van der Waals surface area contributed by atoms with Gasteiger partial charge in [-0.25, -0.2) is 13.5 Å². The van der Waals surface area contributed by atoms with Crippen LogP contribution in [0.5, 0.6) is 0 Å². The molecule has 3 rings (SSSR count). The maximum Gasteiger partial charge on any atom is 0.245 e. The Kier molecular flexibility index (Phi) is 6.55. The number of halogens is 1. The molecule has 0 aliphatic rings. The molecule has 30 heavy (non-hydrogen) atoms. The second-order valence-corrected chi connectivity index (χ2v) is 9.35. The second-order valence-electron chi connectivity index (χ2n) is 6.93. The van der Waals surface area contributed by atoms with Crippen LogP contribution in [0.1, 0.15) is 12.0 Å². The standard InChI is InChI=1S/C22H21ClN2O4S/c1-25(27)21(26)12-7-15-13-19(16-8-10-17(23)11-9-16)22(24-14-15)18-5-3-4-6-20(18)30(2,28)29/h3-6,8-11,13-14,27H,7,12H2,1-2H3. The van der Waals surface area contributed by atoms with Gasteiger partial charge in [0.25, 0.3) is 0 Å². The number of nitrogens with zero attached hydrogens (tertiary/aromatic N) is 2. The molecular formula is C22H21ClN2O4S. The zero-order valence-corrected chi connectivity index (χ0v) is 18.1. The Morgan fingerprint density at radius 1 is 1.10 bits per heavy atom. The van der Waals surface area contributed by atoms with Crippen molar-refractivity contribution in [2.45, 2.75) is 17.7 Å². The summed E-state index contributed by atoms with van der Waals surface area (Å²) in [6, 6.07) is 15.8. The molecule has 0 aliphatic heterocycles. The van der Waals surface area contributed by atoms with Crippen molar-refractivity contribution in [2.24, 2.45) is 0 Å². The number of aromatic nitrogens is 1. The number of rotatable bonds is 6. The van der Waals surface area contributed by atoms with Crippen molar-refractivity contribution in [3.05, 3.63) is 71.4 Å². The number of hydroxylamine groups is 2. The zero-order chi connectivity index (χ0) is 21.9. The van der Waals surface area contributed by atoms with Gasteiger partial charge in [-0.3, -0.25) is 15.0 Å². The third kappa shape index (κ3) is 5.05. The SMILES string of the molecule is CN(O)C(=O)CCc1cnc(-c2ccccc2S(C)(=O)=O)c(-c2ccc(Cl)cc2)c1. The Labute approximate surface area is 180 Å². The smallest absolute Gasteiger partial charge is 0.245 e. The third-order valence-electron chi connectivity index (χ3n) is 4.63. The summed E-state index contributed by atoms with van der Waals surface area (Å²) in [6.45, 7) is 0. The molecule has 3 aromatic rings. The fourth-order valence-electron chi connectivity index (χ4n) is 3.11. The number of hydrogen-bond acceptors (Lipinski definition) is 5. The van der Waals surface area contributed by atoms with Crippen LogP contribution in [0.25, 0.3) is 22.4 Å². The molecule has 1 aromatic heterocycles. The minimum absolute atomic E-state index is 0.119. The van der Waals surface area contributed by atoms with Crippen LogP contribution >= 0.6 is 11.6 Å². The fraction of sp³-hybridized carbons (Fsp3) is 0.182. The normalized spacial score (nSPS) is 11.3. The van der Waals surface area contributed by atoms with Crippen molar-refractivity contribution in [3.8, 4) is 22.4 Å².